The van der Waals surface area contributed by atoms with E-state index in [0.717, 1.165) is 19.4 Å². The van der Waals surface area contributed by atoms with E-state index in [9.17, 15) is 13.6 Å². The maximum Gasteiger partial charge on any atom is 0.248 e. The van der Waals surface area contributed by atoms with E-state index in [1.807, 2.05) is 0 Å². The third kappa shape index (κ3) is 4.12. The molecular weight excluding hydrogens is 266 g/mol. The number of carbonyl (C=O) groups excluding carboxylic acids is 1. The van der Waals surface area contributed by atoms with Gasteiger partial charge in [0.1, 0.15) is 0 Å². The topological polar surface area (TPSA) is 52.6 Å². The van der Waals surface area contributed by atoms with E-state index in [1.54, 1.807) is 4.90 Å². The van der Waals surface area contributed by atoms with Crippen molar-refractivity contribution in [2.75, 3.05) is 26.2 Å². The van der Waals surface area contributed by atoms with E-state index < -0.39 is 5.92 Å². The van der Waals surface area contributed by atoms with Crippen molar-refractivity contribution in [1.29, 1.82) is 0 Å². The minimum Gasteiger partial charge on any atom is -0.395 e. The van der Waals surface area contributed by atoms with Crippen molar-refractivity contribution in [3.63, 3.8) is 0 Å². The molecule has 1 unspecified atom stereocenters. The summed E-state index contributed by atoms with van der Waals surface area (Å²) in [7, 11) is 0. The zero-order chi connectivity index (χ0) is 14.6. The van der Waals surface area contributed by atoms with Crippen molar-refractivity contribution >= 4 is 5.91 Å². The molecule has 6 heteroatoms. The van der Waals surface area contributed by atoms with E-state index in [0.29, 0.717) is 13.1 Å². The Morgan fingerprint density at radius 1 is 1.30 bits per heavy atom. The lowest BCUT2D eigenvalue weighted by Crippen LogP contribution is -2.46. The molecule has 20 heavy (non-hydrogen) atoms. The van der Waals surface area contributed by atoms with Crippen LogP contribution in [-0.2, 0) is 4.79 Å². The van der Waals surface area contributed by atoms with Gasteiger partial charge in [-0.15, -0.1) is 0 Å². The lowest BCUT2D eigenvalue weighted by Gasteiger charge is -2.33. The van der Waals surface area contributed by atoms with Crippen molar-refractivity contribution in [3.8, 4) is 0 Å². The Balaban J connectivity index is 1.89. The molecule has 116 valence electrons. The van der Waals surface area contributed by atoms with E-state index in [2.05, 4.69) is 5.32 Å². The number of rotatable bonds is 5. The molecule has 2 rings (SSSR count). The fourth-order valence-electron chi connectivity index (χ4n) is 3.14. The van der Waals surface area contributed by atoms with Gasteiger partial charge in [0.15, 0.2) is 0 Å². The highest BCUT2D eigenvalue weighted by Crippen LogP contribution is 2.36. The number of aliphatic hydroxyl groups excluding tert-OH is 1. The number of hydrogen-bond acceptors (Lipinski definition) is 3. The van der Waals surface area contributed by atoms with Crippen LogP contribution in [0.25, 0.3) is 0 Å². The molecule has 1 saturated heterocycles. The SMILES string of the molecule is O=C(C1CCC(F)(F)CC1)N(CCO)CC1CCCN1. The molecule has 1 aliphatic heterocycles. The van der Waals surface area contributed by atoms with Crippen LogP contribution in [-0.4, -0.2) is 54.1 Å². The van der Waals surface area contributed by atoms with Gasteiger partial charge in [-0.2, -0.15) is 0 Å². The molecule has 0 aromatic heterocycles. The van der Waals surface area contributed by atoms with Crippen molar-refractivity contribution < 1.29 is 18.7 Å². The molecule has 0 bridgehead atoms. The fourth-order valence-corrected chi connectivity index (χ4v) is 3.14. The fraction of sp³-hybridized carbons (Fsp3) is 0.929. The molecule has 1 aliphatic carbocycles. The van der Waals surface area contributed by atoms with Gasteiger partial charge in [0.2, 0.25) is 11.8 Å². The first-order valence-electron chi connectivity index (χ1n) is 7.53. The Morgan fingerprint density at radius 2 is 2.00 bits per heavy atom. The van der Waals surface area contributed by atoms with Crippen LogP contribution in [0.3, 0.4) is 0 Å². The Bertz CT molecular complexity index is 323. The largest absolute Gasteiger partial charge is 0.395 e. The summed E-state index contributed by atoms with van der Waals surface area (Å²) in [5.74, 6) is -2.98. The third-order valence-electron chi connectivity index (χ3n) is 4.35. The molecule has 1 amide bonds. The van der Waals surface area contributed by atoms with Crippen LogP contribution in [0, 0.1) is 5.92 Å². The molecule has 2 N–H and O–H groups in total. The lowest BCUT2D eigenvalue weighted by molar-refractivity contribution is -0.140. The zero-order valence-corrected chi connectivity index (χ0v) is 11.8. The number of alkyl halides is 2. The van der Waals surface area contributed by atoms with Crippen molar-refractivity contribution in [2.45, 2.75) is 50.5 Å². The smallest absolute Gasteiger partial charge is 0.248 e. The molecule has 2 fully saturated rings. The van der Waals surface area contributed by atoms with E-state index >= 15 is 0 Å². The molecule has 0 radical (unpaired) electrons. The van der Waals surface area contributed by atoms with E-state index in [4.69, 9.17) is 5.11 Å². The summed E-state index contributed by atoms with van der Waals surface area (Å²) in [6, 6.07) is 0.274. The first kappa shape index (κ1) is 15.6. The Hall–Kier alpha value is -0.750. The minimum atomic E-state index is -2.61. The first-order valence-corrected chi connectivity index (χ1v) is 7.53. The number of hydrogen-bond donors (Lipinski definition) is 2. The third-order valence-corrected chi connectivity index (χ3v) is 4.35. The Labute approximate surface area is 118 Å². The highest BCUT2D eigenvalue weighted by molar-refractivity contribution is 5.79. The van der Waals surface area contributed by atoms with Gasteiger partial charge in [-0.1, -0.05) is 0 Å². The minimum absolute atomic E-state index is 0.0664. The normalized spacial score (nSPS) is 26.6. The van der Waals surface area contributed by atoms with Gasteiger partial charge in [0, 0.05) is 37.9 Å². The van der Waals surface area contributed by atoms with Crippen LogP contribution >= 0.6 is 0 Å². The summed E-state index contributed by atoms with van der Waals surface area (Å²) in [6.45, 7) is 1.75. The highest BCUT2D eigenvalue weighted by atomic mass is 19.3. The lowest BCUT2D eigenvalue weighted by atomic mass is 9.86. The van der Waals surface area contributed by atoms with E-state index in [-0.39, 0.29) is 50.2 Å². The summed E-state index contributed by atoms with van der Waals surface area (Å²) in [4.78, 5) is 14.1. The molecule has 1 saturated carbocycles. The Kier molecular flexibility index (Phi) is 5.32. The summed E-state index contributed by atoms with van der Waals surface area (Å²) in [5, 5.41) is 12.4. The van der Waals surface area contributed by atoms with Crippen molar-refractivity contribution in [1.82, 2.24) is 10.2 Å². The molecule has 4 nitrogen and oxygen atoms in total. The molecule has 1 heterocycles. The van der Waals surface area contributed by atoms with Gasteiger partial charge in [-0.25, -0.2) is 8.78 Å². The number of aliphatic hydroxyl groups is 1. The number of nitrogens with one attached hydrogen (secondary N) is 1. The molecular formula is C14H24F2N2O2. The van der Waals surface area contributed by atoms with Gasteiger partial charge in [0.05, 0.1) is 6.61 Å². The van der Waals surface area contributed by atoms with Gasteiger partial charge < -0.3 is 15.3 Å². The molecule has 2 aliphatic rings. The van der Waals surface area contributed by atoms with Crippen LogP contribution < -0.4 is 5.32 Å². The van der Waals surface area contributed by atoms with Gasteiger partial charge in [0.25, 0.3) is 0 Å². The average Bonchev–Trinajstić information content (AvgIpc) is 2.90. The molecule has 1 atom stereocenters. The molecule has 0 aromatic carbocycles. The van der Waals surface area contributed by atoms with E-state index in [1.165, 1.54) is 0 Å². The summed E-state index contributed by atoms with van der Waals surface area (Å²) in [5.41, 5.74) is 0. The van der Waals surface area contributed by atoms with Crippen LogP contribution in [0.2, 0.25) is 0 Å². The molecule has 0 aromatic rings. The number of halogens is 2. The Morgan fingerprint density at radius 3 is 2.55 bits per heavy atom. The molecule has 0 spiro atoms. The maximum atomic E-state index is 13.1. The van der Waals surface area contributed by atoms with Gasteiger partial charge in [-0.05, 0) is 32.2 Å². The predicted molar refractivity (Wildman–Crippen MR) is 71.6 cm³/mol. The standard InChI is InChI=1S/C14H24F2N2O2/c15-14(16)5-3-11(4-6-14)13(20)18(8-9-19)10-12-2-1-7-17-12/h11-12,17,19H,1-10H2. The van der Waals surface area contributed by atoms with Crippen LogP contribution in [0.4, 0.5) is 8.78 Å². The van der Waals surface area contributed by atoms with Gasteiger partial charge >= 0.3 is 0 Å². The van der Waals surface area contributed by atoms with Crippen LogP contribution in [0.15, 0.2) is 0 Å². The quantitative estimate of drug-likeness (QED) is 0.804. The van der Waals surface area contributed by atoms with Crippen LogP contribution in [0.5, 0.6) is 0 Å². The highest BCUT2D eigenvalue weighted by Gasteiger charge is 2.38. The van der Waals surface area contributed by atoms with Crippen molar-refractivity contribution in [2.24, 2.45) is 5.92 Å². The first-order chi connectivity index (χ1) is 9.52. The second kappa shape index (κ2) is 6.80. The monoisotopic (exact) mass is 290 g/mol. The predicted octanol–water partition coefficient (Wildman–Crippen LogP) is 1.38. The maximum absolute atomic E-state index is 13.1. The van der Waals surface area contributed by atoms with Crippen molar-refractivity contribution in [3.05, 3.63) is 0 Å². The second-order valence-electron chi connectivity index (χ2n) is 5.93. The second-order valence-corrected chi connectivity index (χ2v) is 5.93. The average molecular weight is 290 g/mol. The van der Waals surface area contributed by atoms with Gasteiger partial charge in [-0.3, -0.25) is 4.79 Å². The number of nitrogens with zero attached hydrogens (tertiary/aromatic N) is 1. The number of carbonyl (C=O) groups is 1. The summed E-state index contributed by atoms with van der Waals surface area (Å²) < 4.78 is 26.3. The van der Waals surface area contributed by atoms with Crippen LogP contribution in [0.1, 0.15) is 38.5 Å². The number of amides is 1. The summed E-state index contributed by atoms with van der Waals surface area (Å²) >= 11 is 0. The zero-order valence-electron chi connectivity index (χ0n) is 11.8. The summed E-state index contributed by atoms with van der Waals surface area (Å²) in [6.07, 6.45) is 2.24.